The van der Waals surface area contributed by atoms with Gasteiger partial charge >= 0.3 is 0 Å². The number of nitrogens with one attached hydrogen (secondary N) is 1. The van der Waals surface area contributed by atoms with Crippen LogP contribution in [0.4, 0.5) is 0 Å². The smallest absolute Gasteiger partial charge is 0.0947 e. The van der Waals surface area contributed by atoms with Crippen molar-refractivity contribution in [2.24, 2.45) is 0 Å². The molecule has 2 heteroatoms. The molecular formula is C14H25NO. The summed E-state index contributed by atoms with van der Waals surface area (Å²) in [4.78, 5) is 0. The molecule has 1 heterocycles. The van der Waals surface area contributed by atoms with Crippen LogP contribution in [0.5, 0.6) is 0 Å². The van der Waals surface area contributed by atoms with Crippen molar-refractivity contribution in [1.82, 2.24) is 5.32 Å². The topological polar surface area (TPSA) is 25.2 Å². The summed E-state index contributed by atoms with van der Waals surface area (Å²) in [7, 11) is 0. The lowest BCUT2D eigenvalue weighted by Crippen LogP contribution is -2.13. The molecule has 1 rings (SSSR count). The highest BCUT2D eigenvalue weighted by molar-refractivity contribution is 5.04. The van der Waals surface area contributed by atoms with E-state index in [1.165, 1.54) is 50.5 Å². The Balaban J connectivity index is 1.78. The van der Waals surface area contributed by atoms with Gasteiger partial charge < -0.3 is 9.73 Å². The summed E-state index contributed by atoms with van der Waals surface area (Å²) in [6.45, 7) is 4.32. The maximum absolute atomic E-state index is 5.01. The maximum atomic E-state index is 5.01. The molecule has 0 aliphatic carbocycles. The zero-order valence-corrected chi connectivity index (χ0v) is 10.5. The Labute approximate surface area is 99.4 Å². The first-order chi connectivity index (χ1) is 7.93. The minimum Gasteiger partial charge on any atom is -0.472 e. The van der Waals surface area contributed by atoms with E-state index in [0.29, 0.717) is 0 Å². The Bertz CT molecular complexity index is 231. The molecule has 0 fully saturated rings. The van der Waals surface area contributed by atoms with Crippen molar-refractivity contribution in [2.45, 2.75) is 58.4 Å². The molecule has 0 spiro atoms. The van der Waals surface area contributed by atoms with Crippen molar-refractivity contribution in [2.75, 3.05) is 6.54 Å². The average molecular weight is 223 g/mol. The minimum absolute atomic E-state index is 0.937. The first kappa shape index (κ1) is 13.3. The highest BCUT2D eigenvalue weighted by Gasteiger charge is 1.93. The molecule has 1 aromatic heterocycles. The van der Waals surface area contributed by atoms with Crippen LogP contribution in [0.15, 0.2) is 23.0 Å². The second-order valence-electron chi connectivity index (χ2n) is 4.43. The Kier molecular flexibility index (Phi) is 7.87. The van der Waals surface area contributed by atoms with Gasteiger partial charge in [0, 0.05) is 12.1 Å². The second kappa shape index (κ2) is 9.46. The third kappa shape index (κ3) is 6.67. The van der Waals surface area contributed by atoms with Crippen molar-refractivity contribution in [3.05, 3.63) is 24.2 Å². The number of furan rings is 1. The molecule has 0 amide bonds. The second-order valence-corrected chi connectivity index (χ2v) is 4.43. The van der Waals surface area contributed by atoms with Gasteiger partial charge in [0.25, 0.3) is 0 Å². The van der Waals surface area contributed by atoms with Crippen molar-refractivity contribution in [3.8, 4) is 0 Å². The molecule has 0 bridgehead atoms. The third-order valence-electron chi connectivity index (χ3n) is 2.87. The number of unbranched alkanes of at least 4 members (excludes halogenated alkanes) is 6. The van der Waals surface area contributed by atoms with Gasteiger partial charge in [-0.05, 0) is 19.0 Å². The monoisotopic (exact) mass is 223 g/mol. The molecule has 0 unspecified atom stereocenters. The van der Waals surface area contributed by atoms with Gasteiger partial charge in [-0.25, -0.2) is 0 Å². The van der Waals surface area contributed by atoms with E-state index in [-0.39, 0.29) is 0 Å². The molecule has 0 saturated heterocycles. The number of hydrogen-bond donors (Lipinski definition) is 1. The standard InChI is InChI=1S/C14H25NO/c1-2-3-4-5-6-7-8-10-15-12-14-9-11-16-13-14/h9,11,13,15H,2-8,10,12H2,1H3. The number of rotatable bonds is 10. The predicted octanol–water partition coefficient (Wildman–Crippen LogP) is 4.12. The normalized spacial score (nSPS) is 10.8. The molecule has 1 N–H and O–H groups in total. The fourth-order valence-electron chi connectivity index (χ4n) is 1.83. The molecule has 92 valence electrons. The van der Waals surface area contributed by atoms with E-state index in [4.69, 9.17) is 4.42 Å². The fraction of sp³-hybridized carbons (Fsp3) is 0.714. The van der Waals surface area contributed by atoms with Crippen LogP contribution >= 0.6 is 0 Å². The van der Waals surface area contributed by atoms with Crippen LogP contribution in [0.25, 0.3) is 0 Å². The summed E-state index contributed by atoms with van der Waals surface area (Å²) in [6, 6.07) is 2.01. The number of hydrogen-bond acceptors (Lipinski definition) is 2. The lowest BCUT2D eigenvalue weighted by Gasteiger charge is -2.03. The van der Waals surface area contributed by atoms with E-state index in [9.17, 15) is 0 Å². The molecule has 16 heavy (non-hydrogen) atoms. The van der Waals surface area contributed by atoms with E-state index in [2.05, 4.69) is 12.2 Å². The van der Waals surface area contributed by atoms with E-state index in [0.717, 1.165) is 13.1 Å². The first-order valence-corrected chi connectivity index (χ1v) is 6.65. The fourth-order valence-corrected chi connectivity index (χ4v) is 1.83. The van der Waals surface area contributed by atoms with Crippen LogP contribution in [0.3, 0.4) is 0 Å². The van der Waals surface area contributed by atoms with Gasteiger partial charge in [0.1, 0.15) is 0 Å². The highest BCUT2D eigenvalue weighted by Crippen LogP contribution is 2.06. The lowest BCUT2D eigenvalue weighted by molar-refractivity contribution is 0.550. The van der Waals surface area contributed by atoms with E-state index >= 15 is 0 Å². The molecule has 0 saturated carbocycles. The lowest BCUT2D eigenvalue weighted by atomic mass is 10.1. The van der Waals surface area contributed by atoms with Gasteiger partial charge in [0.05, 0.1) is 12.5 Å². The van der Waals surface area contributed by atoms with E-state index in [1.807, 2.05) is 6.07 Å². The maximum Gasteiger partial charge on any atom is 0.0947 e. The Morgan fingerprint density at radius 3 is 2.50 bits per heavy atom. The van der Waals surface area contributed by atoms with Gasteiger partial charge in [-0.3, -0.25) is 0 Å². The zero-order valence-electron chi connectivity index (χ0n) is 10.5. The van der Waals surface area contributed by atoms with E-state index in [1.54, 1.807) is 12.5 Å². The molecule has 0 atom stereocenters. The van der Waals surface area contributed by atoms with Crippen molar-refractivity contribution >= 4 is 0 Å². The Morgan fingerprint density at radius 2 is 1.81 bits per heavy atom. The van der Waals surface area contributed by atoms with Crippen LogP contribution in [0, 0.1) is 0 Å². The molecular weight excluding hydrogens is 198 g/mol. The van der Waals surface area contributed by atoms with Crippen molar-refractivity contribution in [1.29, 1.82) is 0 Å². The van der Waals surface area contributed by atoms with Crippen LogP contribution in [0.1, 0.15) is 57.4 Å². The van der Waals surface area contributed by atoms with E-state index < -0.39 is 0 Å². The van der Waals surface area contributed by atoms with Gasteiger partial charge in [-0.1, -0.05) is 45.4 Å². The molecule has 0 radical (unpaired) electrons. The molecule has 2 nitrogen and oxygen atoms in total. The Morgan fingerprint density at radius 1 is 1.06 bits per heavy atom. The van der Waals surface area contributed by atoms with Crippen LogP contribution in [-0.2, 0) is 6.54 Å². The summed E-state index contributed by atoms with van der Waals surface area (Å²) < 4.78 is 5.01. The highest BCUT2D eigenvalue weighted by atomic mass is 16.3. The first-order valence-electron chi connectivity index (χ1n) is 6.65. The summed E-state index contributed by atoms with van der Waals surface area (Å²) >= 11 is 0. The SMILES string of the molecule is CCCCCCCCCNCc1ccoc1. The summed E-state index contributed by atoms with van der Waals surface area (Å²) in [5.74, 6) is 0. The zero-order chi connectivity index (χ0) is 11.5. The molecule has 0 aliphatic heterocycles. The Hall–Kier alpha value is -0.760. The van der Waals surface area contributed by atoms with Crippen molar-refractivity contribution < 1.29 is 4.42 Å². The predicted molar refractivity (Wildman–Crippen MR) is 68.4 cm³/mol. The summed E-state index contributed by atoms with van der Waals surface area (Å²) in [5, 5.41) is 3.43. The summed E-state index contributed by atoms with van der Waals surface area (Å²) in [5.41, 5.74) is 1.24. The van der Waals surface area contributed by atoms with Gasteiger partial charge in [-0.15, -0.1) is 0 Å². The minimum atomic E-state index is 0.937. The van der Waals surface area contributed by atoms with Crippen LogP contribution in [-0.4, -0.2) is 6.54 Å². The van der Waals surface area contributed by atoms with Gasteiger partial charge in [0.15, 0.2) is 0 Å². The molecule has 0 aliphatic rings. The van der Waals surface area contributed by atoms with Crippen molar-refractivity contribution in [3.63, 3.8) is 0 Å². The largest absolute Gasteiger partial charge is 0.472 e. The average Bonchev–Trinajstić information content (AvgIpc) is 2.80. The molecule has 0 aromatic carbocycles. The van der Waals surface area contributed by atoms with Gasteiger partial charge in [-0.2, -0.15) is 0 Å². The van der Waals surface area contributed by atoms with Crippen LogP contribution < -0.4 is 5.32 Å². The van der Waals surface area contributed by atoms with Gasteiger partial charge in [0.2, 0.25) is 0 Å². The van der Waals surface area contributed by atoms with Crippen LogP contribution in [0.2, 0.25) is 0 Å². The summed E-state index contributed by atoms with van der Waals surface area (Å²) in [6.07, 6.45) is 13.2. The third-order valence-corrected chi connectivity index (χ3v) is 2.87. The molecule has 1 aromatic rings. The quantitative estimate of drug-likeness (QED) is 0.604.